The van der Waals surface area contributed by atoms with Gasteiger partial charge in [0.25, 0.3) is 0 Å². The van der Waals surface area contributed by atoms with E-state index >= 15 is 0 Å². The average Bonchev–Trinajstić information content (AvgIpc) is 3.24. The first-order chi connectivity index (χ1) is 9.09. The van der Waals surface area contributed by atoms with Gasteiger partial charge in [-0.2, -0.15) is 0 Å². The largest absolute Gasteiger partial charge is 0.409 e. The first kappa shape index (κ1) is 14.2. The van der Waals surface area contributed by atoms with Crippen molar-refractivity contribution in [1.29, 1.82) is 0 Å². The van der Waals surface area contributed by atoms with E-state index in [-0.39, 0.29) is 17.7 Å². The van der Waals surface area contributed by atoms with E-state index in [0.717, 1.165) is 51.4 Å². The molecule has 0 bridgehead atoms. The van der Waals surface area contributed by atoms with Crippen LogP contribution in [0.15, 0.2) is 5.16 Å². The van der Waals surface area contributed by atoms with Crippen molar-refractivity contribution in [2.45, 2.75) is 63.8 Å². The van der Waals surface area contributed by atoms with Crippen molar-refractivity contribution in [2.75, 3.05) is 0 Å². The number of hydrogen-bond donors (Lipinski definition) is 3. The zero-order valence-electron chi connectivity index (χ0n) is 11.7. The predicted molar refractivity (Wildman–Crippen MR) is 73.9 cm³/mol. The zero-order valence-corrected chi connectivity index (χ0v) is 11.7. The monoisotopic (exact) mass is 267 g/mol. The molecule has 2 aliphatic rings. The number of amidine groups is 1. The summed E-state index contributed by atoms with van der Waals surface area (Å²) >= 11 is 0. The van der Waals surface area contributed by atoms with Crippen LogP contribution in [0.2, 0.25) is 0 Å². The molecule has 108 valence electrons. The van der Waals surface area contributed by atoms with Crippen LogP contribution in [0.4, 0.5) is 0 Å². The van der Waals surface area contributed by atoms with Gasteiger partial charge in [-0.3, -0.25) is 4.79 Å². The average molecular weight is 267 g/mol. The lowest BCUT2D eigenvalue weighted by Gasteiger charge is -2.33. The van der Waals surface area contributed by atoms with Gasteiger partial charge >= 0.3 is 0 Å². The van der Waals surface area contributed by atoms with Crippen molar-refractivity contribution in [1.82, 2.24) is 5.32 Å². The summed E-state index contributed by atoms with van der Waals surface area (Å²) in [6.07, 6.45) is 8.14. The van der Waals surface area contributed by atoms with Crippen LogP contribution in [0.3, 0.4) is 0 Å². The third-order valence-corrected chi connectivity index (χ3v) is 4.66. The van der Waals surface area contributed by atoms with Crippen LogP contribution >= 0.6 is 0 Å². The molecule has 0 heterocycles. The third-order valence-electron chi connectivity index (χ3n) is 4.66. The maximum Gasteiger partial charge on any atom is 0.223 e. The van der Waals surface area contributed by atoms with Crippen molar-refractivity contribution in [3.8, 4) is 0 Å². The van der Waals surface area contributed by atoms with Crippen LogP contribution < -0.4 is 11.1 Å². The number of oxime groups is 1. The number of nitrogens with one attached hydrogen (secondary N) is 1. The summed E-state index contributed by atoms with van der Waals surface area (Å²) in [5, 5.41) is 15.3. The highest BCUT2D eigenvalue weighted by Gasteiger charge is 2.40. The molecule has 1 unspecified atom stereocenters. The van der Waals surface area contributed by atoms with Gasteiger partial charge in [-0.25, -0.2) is 0 Å². The molecule has 0 aromatic carbocycles. The second-order valence-corrected chi connectivity index (χ2v) is 6.10. The maximum absolute atomic E-state index is 12.3. The molecule has 19 heavy (non-hydrogen) atoms. The maximum atomic E-state index is 12.3. The standard InChI is InChI=1S/C14H25N3O2/c1-10(11-6-7-11)12(18)16-14(13(15)17-19)8-4-2-3-5-9-14/h10-11,19H,2-9H2,1H3,(H2,15,17)(H,16,18). The van der Waals surface area contributed by atoms with Gasteiger partial charge in [-0.1, -0.05) is 37.8 Å². The molecular weight excluding hydrogens is 242 g/mol. The lowest BCUT2D eigenvalue weighted by Crippen LogP contribution is -2.58. The molecule has 0 aromatic rings. The lowest BCUT2D eigenvalue weighted by molar-refractivity contribution is -0.126. The molecule has 2 aliphatic carbocycles. The Hall–Kier alpha value is -1.26. The first-order valence-electron chi connectivity index (χ1n) is 7.39. The van der Waals surface area contributed by atoms with Crippen molar-refractivity contribution >= 4 is 11.7 Å². The molecule has 0 spiro atoms. The molecule has 0 saturated heterocycles. The molecular formula is C14H25N3O2. The lowest BCUT2D eigenvalue weighted by atomic mass is 9.87. The number of hydrogen-bond acceptors (Lipinski definition) is 3. The van der Waals surface area contributed by atoms with Crippen LogP contribution in [0.25, 0.3) is 0 Å². The number of nitrogens with zero attached hydrogens (tertiary/aromatic N) is 1. The molecule has 2 saturated carbocycles. The van der Waals surface area contributed by atoms with Crippen LogP contribution in [-0.4, -0.2) is 22.5 Å². The van der Waals surface area contributed by atoms with Gasteiger partial charge < -0.3 is 16.3 Å². The molecule has 5 nitrogen and oxygen atoms in total. The summed E-state index contributed by atoms with van der Waals surface area (Å²) in [5.74, 6) is 0.767. The van der Waals surface area contributed by atoms with Crippen molar-refractivity contribution in [3.63, 3.8) is 0 Å². The number of rotatable bonds is 4. The van der Waals surface area contributed by atoms with E-state index in [1.165, 1.54) is 0 Å². The predicted octanol–water partition coefficient (Wildman–Crippen LogP) is 1.99. The molecule has 1 atom stereocenters. The minimum absolute atomic E-state index is 0.0339. The second-order valence-electron chi connectivity index (χ2n) is 6.10. The molecule has 5 heteroatoms. The number of amides is 1. The van der Waals surface area contributed by atoms with E-state index in [9.17, 15) is 4.79 Å². The molecule has 0 aromatic heterocycles. The van der Waals surface area contributed by atoms with Gasteiger partial charge in [0.2, 0.25) is 5.91 Å². The number of carbonyl (C=O) groups excluding carboxylic acids is 1. The Morgan fingerprint density at radius 1 is 1.32 bits per heavy atom. The number of nitrogens with two attached hydrogens (primary N) is 1. The van der Waals surface area contributed by atoms with E-state index in [1.807, 2.05) is 6.92 Å². The van der Waals surface area contributed by atoms with E-state index in [1.54, 1.807) is 0 Å². The summed E-state index contributed by atoms with van der Waals surface area (Å²) in [6.45, 7) is 1.98. The zero-order chi connectivity index (χ0) is 13.9. The van der Waals surface area contributed by atoms with Gasteiger partial charge in [-0.05, 0) is 31.6 Å². The van der Waals surface area contributed by atoms with Crippen molar-refractivity contribution < 1.29 is 10.0 Å². The van der Waals surface area contributed by atoms with E-state index < -0.39 is 5.54 Å². The highest BCUT2D eigenvalue weighted by molar-refractivity contribution is 5.94. The molecule has 2 rings (SSSR count). The van der Waals surface area contributed by atoms with E-state index in [2.05, 4.69) is 10.5 Å². The quantitative estimate of drug-likeness (QED) is 0.239. The summed E-state index contributed by atoms with van der Waals surface area (Å²) < 4.78 is 0. The molecule has 0 radical (unpaired) electrons. The van der Waals surface area contributed by atoms with Crippen LogP contribution in [-0.2, 0) is 4.79 Å². The Morgan fingerprint density at radius 2 is 1.89 bits per heavy atom. The highest BCUT2D eigenvalue weighted by Crippen LogP contribution is 2.37. The van der Waals surface area contributed by atoms with Gasteiger partial charge in [0, 0.05) is 5.92 Å². The Balaban J connectivity index is 2.10. The van der Waals surface area contributed by atoms with Crippen LogP contribution in [0.5, 0.6) is 0 Å². The Labute approximate surface area is 114 Å². The molecule has 4 N–H and O–H groups in total. The Kier molecular flexibility index (Phi) is 4.32. The fourth-order valence-corrected chi connectivity index (χ4v) is 3.03. The van der Waals surface area contributed by atoms with Crippen molar-refractivity contribution in [2.24, 2.45) is 22.7 Å². The normalized spacial score (nSPS) is 25.4. The van der Waals surface area contributed by atoms with E-state index in [4.69, 9.17) is 10.9 Å². The van der Waals surface area contributed by atoms with Crippen molar-refractivity contribution in [3.05, 3.63) is 0 Å². The third kappa shape index (κ3) is 3.19. The summed E-state index contributed by atoms with van der Waals surface area (Å²) in [7, 11) is 0. The van der Waals surface area contributed by atoms with Crippen LogP contribution in [0, 0.1) is 11.8 Å². The first-order valence-corrected chi connectivity index (χ1v) is 7.39. The highest BCUT2D eigenvalue weighted by atomic mass is 16.4. The van der Waals surface area contributed by atoms with Gasteiger partial charge in [0.05, 0.1) is 0 Å². The molecule has 1 amide bonds. The minimum Gasteiger partial charge on any atom is -0.409 e. The fraction of sp³-hybridized carbons (Fsp3) is 0.857. The topological polar surface area (TPSA) is 87.7 Å². The smallest absolute Gasteiger partial charge is 0.223 e. The SMILES string of the molecule is CC(C(=O)NC1(C(N)=NO)CCCCCC1)C1CC1. The summed E-state index contributed by atoms with van der Waals surface area (Å²) in [6, 6.07) is 0. The van der Waals surface area contributed by atoms with Gasteiger partial charge in [-0.15, -0.1) is 0 Å². The Bertz CT molecular complexity index is 356. The van der Waals surface area contributed by atoms with E-state index in [0.29, 0.717) is 5.92 Å². The minimum atomic E-state index is -0.633. The summed E-state index contributed by atoms with van der Waals surface area (Å²) in [5.41, 5.74) is 5.24. The Morgan fingerprint density at radius 3 is 2.37 bits per heavy atom. The van der Waals surface area contributed by atoms with Gasteiger partial charge in [0.15, 0.2) is 5.84 Å². The molecule has 2 fully saturated rings. The van der Waals surface area contributed by atoms with Crippen LogP contribution in [0.1, 0.15) is 58.3 Å². The summed E-state index contributed by atoms with van der Waals surface area (Å²) in [4.78, 5) is 12.3. The fourth-order valence-electron chi connectivity index (χ4n) is 3.03. The van der Waals surface area contributed by atoms with Gasteiger partial charge in [0.1, 0.15) is 5.54 Å². The number of carbonyl (C=O) groups is 1. The molecule has 0 aliphatic heterocycles. The second kappa shape index (κ2) is 5.80.